The third-order valence-electron chi connectivity index (χ3n) is 2.73. The lowest BCUT2D eigenvalue weighted by atomic mass is 10.3. The molecular weight excluding hydrogens is 280 g/mol. The number of carbonyl (C=O) groups is 2. The van der Waals surface area contributed by atoms with Gasteiger partial charge in [-0.1, -0.05) is 6.92 Å². The van der Waals surface area contributed by atoms with E-state index in [1.54, 1.807) is 0 Å². The fourth-order valence-corrected chi connectivity index (χ4v) is 1.84. The minimum Gasteiger partial charge on any atom is -0.354 e. The molecule has 10 nitrogen and oxygen atoms in total. The predicted octanol–water partition coefficient (Wildman–Crippen LogP) is -0.331. The maximum absolute atomic E-state index is 11.4. The van der Waals surface area contributed by atoms with Crippen LogP contribution in [0.5, 0.6) is 0 Å². The van der Waals surface area contributed by atoms with E-state index < -0.39 is 16.7 Å². The van der Waals surface area contributed by atoms with Crippen LogP contribution in [-0.2, 0) is 9.59 Å². The number of hydrogen-bond acceptors (Lipinski definition) is 8. The summed E-state index contributed by atoms with van der Waals surface area (Å²) < 4.78 is 0. The SMILES string of the molecule is CCCNc1ncc([N+](=O)[O-])c(N2CC(=O)NC(=O)C2)n1. The fraction of sp³-hybridized carbons (Fsp3) is 0.455. The molecule has 2 heterocycles. The number of hydrogen-bond donors (Lipinski definition) is 2. The average Bonchev–Trinajstić information content (AvgIpc) is 2.43. The topological polar surface area (TPSA) is 130 Å². The fourth-order valence-electron chi connectivity index (χ4n) is 1.84. The lowest BCUT2D eigenvalue weighted by Gasteiger charge is -2.26. The number of amides is 2. The molecule has 10 heteroatoms. The lowest BCUT2D eigenvalue weighted by Crippen LogP contribution is -2.52. The van der Waals surface area contributed by atoms with Gasteiger partial charge in [0, 0.05) is 6.54 Å². The van der Waals surface area contributed by atoms with Crippen molar-refractivity contribution in [2.75, 3.05) is 29.9 Å². The number of nitro groups is 1. The van der Waals surface area contributed by atoms with Crippen LogP contribution in [0, 0.1) is 10.1 Å². The third kappa shape index (κ3) is 3.41. The number of nitrogens with zero attached hydrogens (tertiary/aromatic N) is 4. The molecule has 0 radical (unpaired) electrons. The first-order valence-electron chi connectivity index (χ1n) is 6.34. The van der Waals surface area contributed by atoms with Crippen LogP contribution in [0.1, 0.15) is 13.3 Å². The van der Waals surface area contributed by atoms with Crippen LogP contribution >= 0.6 is 0 Å². The Balaban J connectivity index is 2.35. The minimum atomic E-state index is -0.643. The number of imide groups is 1. The summed E-state index contributed by atoms with van der Waals surface area (Å²) in [7, 11) is 0. The zero-order chi connectivity index (χ0) is 15.4. The summed E-state index contributed by atoms with van der Waals surface area (Å²) in [6, 6.07) is 0. The number of aromatic nitrogens is 2. The molecule has 2 N–H and O–H groups in total. The Morgan fingerprint density at radius 3 is 2.67 bits per heavy atom. The van der Waals surface area contributed by atoms with Crippen LogP contribution in [-0.4, -0.2) is 46.3 Å². The largest absolute Gasteiger partial charge is 0.354 e. The van der Waals surface area contributed by atoms with E-state index in [2.05, 4.69) is 20.6 Å². The summed E-state index contributed by atoms with van der Waals surface area (Å²) >= 11 is 0. The second-order valence-corrected chi connectivity index (χ2v) is 4.41. The first kappa shape index (κ1) is 14.6. The minimum absolute atomic E-state index is 0.0446. The third-order valence-corrected chi connectivity index (χ3v) is 2.73. The van der Waals surface area contributed by atoms with Gasteiger partial charge in [-0.2, -0.15) is 4.98 Å². The van der Waals surface area contributed by atoms with Gasteiger partial charge in [0.15, 0.2) is 0 Å². The van der Waals surface area contributed by atoms with Crippen LogP contribution in [0.3, 0.4) is 0 Å². The maximum Gasteiger partial charge on any atom is 0.329 e. The predicted molar refractivity (Wildman–Crippen MR) is 72.8 cm³/mol. The Kier molecular flexibility index (Phi) is 4.26. The van der Waals surface area contributed by atoms with Crippen molar-refractivity contribution < 1.29 is 14.5 Å². The van der Waals surface area contributed by atoms with E-state index in [0.29, 0.717) is 6.54 Å². The summed E-state index contributed by atoms with van der Waals surface area (Å²) in [5.74, 6) is -0.878. The molecule has 2 amide bonds. The Morgan fingerprint density at radius 2 is 2.10 bits per heavy atom. The highest BCUT2D eigenvalue weighted by atomic mass is 16.6. The van der Waals surface area contributed by atoms with Gasteiger partial charge in [-0.25, -0.2) is 4.98 Å². The van der Waals surface area contributed by atoms with E-state index in [4.69, 9.17) is 0 Å². The van der Waals surface area contributed by atoms with E-state index >= 15 is 0 Å². The highest BCUT2D eigenvalue weighted by Crippen LogP contribution is 2.26. The summed E-state index contributed by atoms with van der Waals surface area (Å²) in [6.45, 7) is 2.22. The molecular formula is C11H14N6O4. The monoisotopic (exact) mass is 294 g/mol. The molecule has 0 bridgehead atoms. The van der Waals surface area contributed by atoms with Crippen molar-refractivity contribution in [2.24, 2.45) is 0 Å². The van der Waals surface area contributed by atoms with Crippen molar-refractivity contribution in [2.45, 2.75) is 13.3 Å². The molecule has 0 atom stereocenters. The van der Waals surface area contributed by atoms with E-state index in [1.807, 2.05) is 6.92 Å². The van der Waals surface area contributed by atoms with Crippen molar-refractivity contribution in [3.63, 3.8) is 0 Å². The van der Waals surface area contributed by atoms with Crippen molar-refractivity contribution in [1.29, 1.82) is 0 Å². The molecule has 0 aliphatic carbocycles. The molecule has 0 aromatic carbocycles. The van der Waals surface area contributed by atoms with Crippen molar-refractivity contribution >= 4 is 29.3 Å². The first-order chi connectivity index (χ1) is 10.0. The lowest BCUT2D eigenvalue weighted by molar-refractivity contribution is -0.384. The van der Waals surface area contributed by atoms with Gasteiger partial charge in [0.25, 0.3) is 0 Å². The van der Waals surface area contributed by atoms with E-state index in [-0.39, 0.29) is 30.5 Å². The Labute approximate surface area is 119 Å². The van der Waals surface area contributed by atoms with Crippen LogP contribution in [0.15, 0.2) is 6.20 Å². The number of anilines is 2. The van der Waals surface area contributed by atoms with Gasteiger partial charge in [0.2, 0.25) is 23.6 Å². The van der Waals surface area contributed by atoms with Crippen molar-refractivity contribution in [3.05, 3.63) is 16.3 Å². The second-order valence-electron chi connectivity index (χ2n) is 4.41. The highest BCUT2D eigenvalue weighted by Gasteiger charge is 2.29. The van der Waals surface area contributed by atoms with Crippen LogP contribution in [0.2, 0.25) is 0 Å². The average molecular weight is 294 g/mol. The summed E-state index contributed by atoms with van der Waals surface area (Å²) in [6.07, 6.45) is 1.90. The Bertz CT molecular complexity index is 574. The van der Waals surface area contributed by atoms with E-state index in [0.717, 1.165) is 12.6 Å². The first-order valence-corrected chi connectivity index (χ1v) is 6.34. The van der Waals surface area contributed by atoms with Gasteiger partial charge in [-0.3, -0.25) is 25.0 Å². The highest BCUT2D eigenvalue weighted by molar-refractivity contribution is 6.02. The molecule has 1 saturated heterocycles. The number of nitrogens with one attached hydrogen (secondary N) is 2. The maximum atomic E-state index is 11.4. The van der Waals surface area contributed by atoms with Gasteiger partial charge in [0.1, 0.15) is 6.20 Å². The molecule has 21 heavy (non-hydrogen) atoms. The molecule has 2 rings (SSSR count). The second kappa shape index (κ2) is 6.11. The Hall–Kier alpha value is -2.78. The smallest absolute Gasteiger partial charge is 0.329 e. The molecule has 1 aromatic rings. The number of rotatable bonds is 5. The van der Waals surface area contributed by atoms with E-state index in [9.17, 15) is 19.7 Å². The quantitative estimate of drug-likeness (QED) is 0.429. The number of piperazine rings is 1. The molecule has 0 unspecified atom stereocenters. The molecule has 112 valence electrons. The normalized spacial score (nSPS) is 14.8. The van der Waals surface area contributed by atoms with Crippen LogP contribution < -0.4 is 15.5 Å². The summed E-state index contributed by atoms with van der Waals surface area (Å²) in [5.41, 5.74) is -0.348. The van der Waals surface area contributed by atoms with Crippen LogP contribution in [0.4, 0.5) is 17.5 Å². The van der Waals surface area contributed by atoms with E-state index in [1.165, 1.54) is 4.90 Å². The summed E-state index contributed by atoms with van der Waals surface area (Å²) in [4.78, 5) is 42.4. The van der Waals surface area contributed by atoms with Gasteiger partial charge < -0.3 is 10.2 Å². The number of carbonyl (C=O) groups excluding carboxylic acids is 2. The van der Waals surface area contributed by atoms with Gasteiger partial charge in [0.05, 0.1) is 18.0 Å². The molecule has 1 fully saturated rings. The molecule has 0 saturated carbocycles. The van der Waals surface area contributed by atoms with Crippen molar-refractivity contribution in [1.82, 2.24) is 15.3 Å². The molecule has 0 spiro atoms. The van der Waals surface area contributed by atoms with Gasteiger partial charge in [-0.15, -0.1) is 0 Å². The van der Waals surface area contributed by atoms with Gasteiger partial charge >= 0.3 is 5.69 Å². The standard InChI is InChI=1S/C11H14N6O4/c1-2-3-12-11-13-4-7(17(20)21)10(15-11)16-5-8(18)14-9(19)6-16/h4H,2-3,5-6H2,1H3,(H,12,13,15)(H,14,18,19). The molecule has 1 aliphatic heterocycles. The Morgan fingerprint density at radius 1 is 1.43 bits per heavy atom. The molecule has 1 aromatic heterocycles. The summed E-state index contributed by atoms with van der Waals surface area (Å²) in [5, 5.41) is 16.1. The molecule has 1 aliphatic rings. The van der Waals surface area contributed by atoms with Crippen LogP contribution in [0.25, 0.3) is 0 Å². The van der Waals surface area contributed by atoms with Gasteiger partial charge in [-0.05, 0) is 6.42 Å². The zero-order valence-electron chi connectivity index (χ0n) is 11.3. The van der Waals surface area contributed by atoms with Crippen molar-refractivity contribution in [3.8, 4) is 0 Å². The zero-order valence-corrected chi connectivity index (χ0v) is 11.3.